The molecule has 0 aliphatic rings. The Balaban J connectivity index is 2.43. The Kier molecular flexibility index (Phi) is 5.38. The van der Waals surface area contributed by atoms with Crippen molar-refractivity contribution in [2.24, 2.45) is 0 Å². The summed E-state index contributed by atoms with van der Waals surface area (Å²) in [6.45, 7) is 4.30. The molecule has 0 aliphatic carbocycles. The van der Waals surface area contributed by atoms with Gasteiger partial charge < -0.3 is 4.74 Å². The number of thioether (sulfide) groups is 1. The van der Waals surface area contributed by atoms with Crippen LogP contribution in [0.5, 0.6) is 0 Å². The number of nitrogens with zero attached hydrogens (tertiary/aromatic N) is 2. The Morgan fingerprint density at radius 3 is 2.59 bits per heavy atom. The summed E-state index contributed by atoms with van der Waals surface area (Å²) in [6.07, 6.45) is 3.13. The lowest BCUT2D eigenvalue weighted by Crippen LogP contribution is -2.29. The van der Waals surface area contributed by atoms with Gasteiger partial charge in [-0.1, -0.05) is 41.6 Å². The molecule has 0 spiro atoms. The topological polar surface area (TPSA) is 61.2 Å². The van der Waals surface area contributed by atoms with Crippen molar-refractivity contribution in [3.8, 4) is 0 Å². The summed E-state index contributed by atoms with van der Waals surface area (Å²) in [5, 5.41) is 0.568. The number of aromatic nitrogens is 2. The van der Waals surface area contributed by atoms with E-state index in [2.05, 4.69) is 4.98 Å². The van der Waals surface area contributed by atoms with Crippen LogP contribution in [0.25, 0.3) is 0 Å². The van der Waals surface area contributed by atoms with E-state index in [0.29, 0.717) is 11.7 Å². The molecular weight excluding hydrogens is 300 g/mol. The van der Waals surface area contributed by atoms with Crippen LogP contribution >= 0.6 is 11.8 Å². The molecule has 0 atom stereocenters. The van der Waals surface area contributed by atoms with Crippen molar-refractivity contribution in [3.63, 3.8) is 0 Å². The van der Waals surface area contributed by atoms with Crippen molar-refractivity contribution < 1.29 is 9.53 Å². The molecule has 0 N–H and O–H groups in total. The molecular formula is C16H18N2O3S. The first kappa shape index (κ1) is 16.3. The van der Waals surface area contributed by atoms with Gasteiger partial charge in [-0.2, -0.15) is 0 Å². The Morgan fingerprint density at radius 2 is 2.00 bits per heavy atom. The smallest absolute Gasteiger partial charge is 0.345 e. The Bertz CT molecular complexity index is 723. The van der Waals surface area contributed by atoms with Gasteiger partial charge in [0.1, 0.15) is 5.56 Å². The second-order valence-electron chi connectivity index (χ2n) is 4.76. The first-order valence-corrected chi connectivity index (χ1v) is 8.15. The van der Waals surface area contributed by atoms with Gasteiger partial charge in [-0.3, -0.25) is 9.36 Å². The number of rotatable bonds is 5. The molecule has 5 nitrogen and oxygen atoms in total. The van der Waals surface area contributed by atoms with Crippen LogP contribution in [0.1, 0.15) is 28.4 Å². The van der Waals surface area contributed by atoms with Crippen molar-refractivity contribution in [2.75, 3.05) is 12.9 Å². The first-order chi connectivity index (χ1) is 10.6. The molecule has 1 heterocycles. The number of hydrogen-bond donors (Lipinski definition) is 0. The zero-order valence-corrected chi connectivity index (χ0v) is 13.6. The van der Waals surface area contributed by atoms with Crippen LogP contribution in [0, 0.1) is 6.92 Å². The maximum atomic E-state index is 12.5. The quantitative estimate of drug-likeness (QED) is 0.481. The van der Waals surface area contributed by atoms with E-state index < -0.39 is 5.97 Å². The average Bonchev–Trinajstić information content (AvgIpc) is 2.51. The summed E-state index contributed by atoms with van der Waals surface area (Å²) in [5.41, 5.74) is 1.72. The predicted molar refractivity (Wildman–Crippen MR) is 86.5 cm³/mol. The predicted octanol–water partition coefficient (Wildman–Crippen LogP) is 2.50. The first-order valence-electron chi connectivity index (χ1n) is 6.93. The molecule has 0 amide bonds. The number of esters is 1. The number of aryl methyl sites for hydroxylation is 1. The summed E-state index contributed by atoms with van der Waals surface area (Å²) >= 11 is 1.37. The Hall–Kier alpha value is -2.08. The number of ether oxygens (including phenoxy) is 1. The standard InChI is InChI=1S/C16H18N2O3S/c1-4-21-15(20)13-9-17-16(22-3)18(14(13)19)10-12-7-5-11(2)6-8-12/h5-9H,4,10H2,1-3H3. The number of hydrogen-bond acceptors (Lipinski definition) is 5. The molecule has 1 aromatic carbocycles. The van der Waals surface area contributed by atoms with Crippen LogP contribution < -0.4 is 5.56 Å². The molecule has 6 heteroatoms. The minimum Gasteiger partial charge on any atom is -0.462 e. The van der Waals surface area contributed by atoms with Crippen LogP contribution in [0.15, 0.2) is 40.4 Å². The number of benzene rings is 1. The molecule has 0 unspecified atom stereocenters. The van der Waals surface area contributed by atoms with Gasteiger partial charge >= 0.3 is 5.97 Å². The van der Waals surface area contributed by atoms with E-state index >= 15 is 0 Å². The number of carbonyl (C=O) groups excluding carboxylic acids is 1. The van der Waals surface area contributed by atoms with E-state index in [0.717, 1.165) is 11.1 Å². The minimum atomic E-state index is -0.634. The van der Waals surface area contributed by atoms with Crippen molar-refractivity contribution in [2.45, 2.75) is 25.5 Å². The van der Waals surface area contributed by atoms with Crippen LogP contribution in [0.4, 0.5) is 0 Å². The van der Waals surface area contributed by atoms with Crippen molar-refractivity contribution in [1.29, 1.82) is 0 Å². The highest BCUT2D eigenvalue weighted by molar-refractivity contribution is 7.98. The largest absolute Gasteiger partial charge is 0.462 e. The highest BCUT2D eigenvalue weighted by atomic mass is 32.2. The third-order valence-corrected chi connectivity index (χ3v) is 3.84. The maximum absolute atomic E-state index is 12.5. The van der Waals surface area contributed by atoms with Gasteiger partial charge in [0.15, 0.2) is 5.16 Å². The van der Waals surface area contributed by atoms with Crippen molar-refractivity contribution >= 4 is 17.7 Å². The van der Waals surface area contributed by atoms with Gasteiger partial charge in [-0.15, -0.1) is 0 Å². The van der Waals surface area contributed by atoms with Crippen molar-refractivity contribution in [1.82, 2.24) is 9.55 Å². The van der Waals surface area contributed by atoms with Gasteiger partial charge in [-0.05, 0) is 25.7 Å². The van der Waals surface area contributed by atoms with E-state index in [1.807, 2.05) is 37.4 Å². The molecule has 0 bridgehead atoms. The van der Waals surface area contributed by atoms with Gasteiger partial charge in [-0.25, -0.2) is 9.78 Å². The lowest BCUT2D eigenvalue weighted by molar-refractivity contribution is 0.0522. The zero-order chi connectivity index (χ0) is 16.1. The fourth-order valence-electron chi connectivity index (χ4n) is 2.00. The summed E-state index contributed by atoms with van der Waals surface area (Å²) in [6, 6.07) is 7.90. The summed E-state index contributed by atoms with van der Waals surface area (Å²) in [5.74, 6) is -0.634. The second-order valence-corrected chi connectivity index (χ2v) is 5.53. The van der Waals surface area contributed by atoms with Gasteiger partial charge in [0.05, 0.1) is 19.3 Å². The molecule has 0 saturated heterocycles. The maximum Gasteiger partial charge on any atom is 0.345 e. The molecule has 0 aliphatic heterocycles. The SMILES string of the molecule is CCOC(=O)c1cnc(SC)n(Cc2ccc(C)cc2)c1=O. The van der Waals surface area contributed by atoms with E-state index in [-0.39, 0.29) is 17.7 Å². The van der Waals surface area contributed by atoms with Crippen LogP contribution in [-0.4, -0.2) is 28.4 Å². The fourth-order valence-corrected chi connectivity index (χ4v) is 2.53. The molecule has 116 valence electrons. The van der Waals surface area contributed by atoms with E-state index in [9.17, 15) is 9.59 Å². The average molecular weight is 318 g/mol. The van der Waals surface area contributed by atoms with Gasteiger partial charge in [0, 0.05) is 0 Å². The molecule has 2 rings (SSSR count). The molecule has 2 aromatic rings. The molecule has 0 radical (unpaired) electrons. The fraction of sp³-hybridized carbons (Fsp3) is 0.312. The highest BCUT2D eigenvalue weighted by Gasteiger charge is 2.17. The summed E-state index contributed by atoms with van der Waals surface area (Å²) in [4.78, 5) is 28.6. The number of carbonyl (C=O) groups is 1. The van der Waals surface area contributed by atoms with E-state index in [4.69, 9.17) is 4.74 Å². The van der Waals surface area contributed by atoms with Crippen molar-refractivity contribution in [3.05, 3.63) is 57.5 Å². The zero-order valence-electron chi connectivity index (χ0n) is 12.8. The molecule has 0 saturated carbocycles. The van der Waals surface area contributed by atoms with Crippen LogP contribution in [0.2, 0.25) is 0 Å². The molecule has 1 aromatic heterocycles. The summed E-state index contributed by atoms with van der Waals surface area (Å²) in [7, 11) is 0. The lowest BCUT2D eigenvalue weighted by atomic mass is 10.1. The third-order valence-electron chi connectivity index (χ3n) is 3.15. The summed E-state index contributed by atoms with van der Waals surface area (Å²) < 4.78 is 6.41. The van der Waals surface area contributed by atoms with Crippen LogP contribution in [-0.2, 0) is 11.3 Å². The van der Waals surface area contributed by atoms with Crippen LogP contribution in [0.3, 0.4) is 0 Å². The molecule has 0 fully saturated rings. The molecule has 22 heavy (non-hydrogen) atoms. The second kappa shape index (κ2) is 7.26. The Labute approximate surface area is 133 Å². The third kappa shape index (κ3) is 3.57. The monoisotopic (exact) mass is 318 g/mol. The highest BCUT2D eigenvalue weighted by Crippen LogP contribution is 2.13. The van der Waals surface area contributed by atoms with Gasteiger partial charge in [0.25, 0.3) is 5.56 Å². The minimum absolute atomic E-state index is 0.0354. The lowest BCUT2D eigenvalue weighted by Gasteiger charge is -2.12. The Morgan fingerprint density at radius 1 is 1.32 bits per heavy atom. The van der Waals surface area contributed by atoms with E-state index in [1.165, 1.54) is 22.5 Å². The normalized spacial score (nSPS) is 10.5. The van der Waals surface area contributed by atoms with E-state index in [1.54, 1.807) is 6.92 Å². The van der Waals surface area contributed by atoms with Gasteiger partial charge in [0.2, 0.25) is 0 Å².